The minimum absolute atomic E-state index is 0.0265. The van der Waals surface area contributed by atoms with E-state index in [1.165, 1.54) is 55.6 Å². The van der Waals surface area contributed by atoms with Crippen molar-refractivity contribution in [3.05, 3.63) is 143 Å². The largest absolute Gasteiger partial charge is 0.347 e. The molecule has 0 bridgehead atoms. The Morgan fingerprint density at radius 1 is 0.784 bits per heavy atom. The van der Waals surface area contributed by atoms with Gasteiger partial charge >= 0.3 is 0 Å². The Kier molecular flexibility index (Phi) is 5.49. The van der Waals surface area contributed by atoms with Crippen molar-refractivity contribution in [3.63, 3.8) is 0 Å². The molecule has 37 heavy (non-hydrogen) atoms. The average Bonchev–Trinajstić information content (AvgIpc) is 3.24. The van der Waals surface area contributed by atoms with Crippen LogP contribution in [0.1, 0.15) is 49.9 Å². The molecule has 4 aromatic carbocycles. The van der Waals surface area contributed by atoms with Crippen LogP contribution in [0.2, 0.25) is 0 Å². The van der Waals surface area contributed by atoms with Gasteiger partial charge in [-0.25, -0.2) is 0 Å². The smallest absolute Gasteiger partial charge is 0.0447 e. The Morgan fingerprint density at radius 3 is 2.27 bits per heavy atom. The maximum Gasteiger partial charge on any atom is 0.0447 e. The highest BCUT2D eigenvalue weighted by Crippen LogP contribution is 2.51. The van der Waals surface area contributed by atoms with Crippen LogP contribution in [0.3, 0.4) is 0 Å². The van der Waals surface area contributed by atoms with Gasteiger partial charge in [0.2, 0.25) is 0 Å². The highest BCUT2D eigenvalue weighted by atomic mass is 15.2. The van der Waals surface area contributed by atoms with Gasteiger partial charge in [0.25, 0.3) is 0 Å². The van der Waals surface area contributed by atoms with Crippen molar-refractivity contribution in [1.82, 2.24) is 0 Å². The molecular formula is C36H35N. The summed E-state index contributed by atoms with van der Waals surface area (Å²) in [6.45, 7) is 9.40. The first kappa shape index (κ1) is 23.6. The first-order chi connectivity index (χ1) is 17.8. The molecule has 4 aromatic rings. The van der Waals surface area contributed by atoms with E-state index in [-0.39, 0.29) is 10.8 Å². The summed E-state index contributed by atoms with van der Waals surface area (Å²) in [6, 6.07) is 33.2. The number of para-hydroxylation sites is 1. The standard InChI is InChI=1S/C36H35N/c1-25-28-23-22-27-16-9-10-17-29(27)34(28)36(4,24-26-14-7-6-8-15-26)30(25)19-13-21-33-35(2,3)31-18-11-12-20-32(31)37(33)5/h6-23H,24H2,1-5H3/b19-13+,33-21+. The minimum atomic E-state index is -0.114. The molecule has 0 fully saturated rings. The summed E-state index contributed by atoms with van der Waals surface area (Å²) in [4.78, 5) is 2.35. The Balaban J connectivity index is 1.46. The van der Waals surface area contributed by atoms with Gasteiger partial charge in [-0.1, -0.05) is 118 Å². The van der Waals surface area contributed by atoms with Gasteiger partial charge in [-0.15, -0.1) is 0 Å². The fourth-order valence-electron chi connectivity index (χ4n) is 6.91. The second-order valence-electron chi connectivity index (χ2n) is 11.4. The van der Waals surface area contributed by atoms with Gasteiger partial charge in [-0.05, 0) is 69.7 Å². The SMILES string of the molecule is CC1=C(/C=C/C=C2/N(C)c3ccccc3C2(C)C)C(C)(Cc2ccccc2)c2c1ccc1ccccc21. The number of fused-ring (bicyclic) bond motifs is 4. The van der Waals surface area contributed by atoms with Gasteiger partial charge in [0.05, 0.1) is 0 Å². The Labute approximate surface area is 221 Å². The van der Waals surface area contributed by atoms with E-state index in [4.69, 9.17) is 0 Å². The summed E-state index contributed by atoms with van der Waals surface area (Å²) >= 11 is 0. The van der Waals surface area contributed by atoms with Gasteiger partial charge in [0, 0.05) is 29.3 Å². The molecule has 1 atom stereocenters. The fraction of sp³-hybridized carbons (Fsp3) is 0.222. The fourth-order valence-corrected chi connectivity index (χ4v) is 6.91. The van der Waals surface area contributed by atoms with E-state index < -0.39 is 0 Å². The molecule has 0 radical (unpaired) electrons. The number of benzene rings is 4. The first-order valence-electron chi connectivity index (χ1n) is 13.3. The third kappa shape index (κ3) is 3.60. The molecule has 0 N–H and O–H groups in total. The van der Waals surface area contributed by atoms with Gasteiger partial charge < -0.3 is 4.90 Å². The summed E-state index contributed by atoms with van der Waals surface area (Å²) in [5.74, 6) is 0. The average molecular weight is 482 g/mol. The number of hydrogen-bond acceptors (Lipinski definition) is 1. The van der Waals surface area contributed by atoms with Crippen molar-refractivity contribution in [1.29, 1.82) is 0 Å². The zero-order valence-electron chi connectivity index (χ0n) is 22.5. The zero-order chi connectivity index (χ0) is 25.8. The van der Waals surface area contributed by atoms with Crippen molar-refractivity contribution in [2.75, 3.05) is 11.9 Å². The molecule has 1 aliphatic carbocycles. The van der Waals surface area contributed by atoms with Crippen molar-refractivity contribution in [2.45, 2.75) is 44.9 Å². The van der Waals surface area contributed by atoms with Crippen molar-refractivity contribution >= 4 is 22.0 Å². The van der Waals surface area contributed by atoms with Crippen LogP contribution >= 0.6 is 0 Å². The van der Waals surface area contributed by atoms with E-state index in [2.05, 4.69) is 149 Å². The van der Waals surface area contributed by atoms with Gasteiger partial charge in [-0.3, -0.25) is 0 Å². The van der Waals surface area contributed by atoms with E-state index in [0.717, 1.165) is 6.42 Å². The monoisotopic (exact) mass is 481 g/mol. The van der Waals surface area contributed by atoms with Crippen molar-refractivity contribution in [2.24, 2.45) is 0 Å². The molecule has 0 aromatic heterocycles. The first-order valence-corrected chi connectivity index (χ1v) is 13.3. The Bertz CT molecular complexity index is 1600. The number of nitrogens with zero attached hydrogens (tertiary/aromatic N) is 1. The van der Waals surface area contributed by atoms with E-state index >= 15 is 0 Å². The maximum atomic E-state index is 2.44. The molecule has 1 unspecified atom stereocenters. The highest BCUT2D eigenvalue weighted by Gasteiger charge is 2.41. The van der Waals surface area contributed by atoms with Crippen LogP contribution in [0.25, 0.3) is 16.3 Å². The van der Waals surface area contributed by atoms with Crippen LogP contribution in [0, 0.1) is 0 Å². The number of likely N-dealkylation sites (N-methyl/N-ethyl adjacent to an activating group) is 1. The van der Waals surface area contributed by atoms with Crippen LogP contribution in [0.5, 0.6) is 0 Å². The molecule has 184 valence electrons. The number of allylic oxidation sites excluding steroid dienone is 6. The summed E-state index contributed by atoms with van der Waals surface area (Å²) in [5.41, 5.74) is 10.9. The lowest BCUT2D eigenvalue weighted by atomic mass is 9.72. The van der Waals surface area contributed by atoms with Crippen molar-refractivity contribution < 1.29 is 0 Å². The lowest BCUT2D eigenvalue weighted by Crippen LogP contribution is -2.25. The summed E-state index contributed by atoms with van der Waals surface area (Å²) < 4.78 is 0. The van der Waals surface area contributed by atoms with Crippen LogP contribution in [0.4, 0.5) is 5.69 Å². The molecular weight excluding hydrogens is 446 g/mol. The summed E-state index contributed by atoms with van der Waals surface area (Å²) in [5, 5.41) is 2.68. The number of anilines is 1. The molecule has 6 rings (SSSR count). The third-order valence-electron chi connectivity index (χ3n) is 8.74. The molecule has 1 heterocycles. The molecule has 0 saturated carbocycles. The molecule has 0 amide bonds. The van der Waals surface area contributed by atoms with E-state index in [9.17, 15) is 0 Å². The van der Waals surface area contributed by atoms with Gasteiger partial charge in [0.15, 0.2) is 0 Å². The van der Waals surface area contributed by atoms with Crippen LogP contribution in [-0.4, -0.2) is 7.05 Å². The van der Waals surface area contributed by atoms with E-state index in [0.29, 0.717) is 0 Å². The second-order valence-corrected chi connectivity index (χ2v) is 11.4. The second kappa shape index (κ2) is 8.63. The lowest BCUT2D eigenvalue weighted by molar-refractivity contribution is 0.582. The summed E-state index contributed by atoms with van der Waals surface area (Å²) in [6.07, 6.45) is 7.96. The number of hydrogen-bond donors (Lipinski definition) is 0. The molecule has 1 aliphatic heterocycles. The molecule has 0 spiro atoms. The van der Waals surface area contributed by atoms with Gasteiger partial charge in [0.1, 0.15) is 0 Å². The Morgan fingerprint density at radius 2 is 1.49 bits per heavy atom. The third-order valence-corrected chi connectivity index (χ3v) is 8.74. The predicted molar refractivity (Wildman–Crippen MR) is 159 cm³/mol. The molecule has 0 saturated heterocycles. The van der Waals surface area contributed by atoms with Crippen molar-refractivity contribution in [3.8, 4) is 0 Å². The maximum absolute atomic E-state index is 2.44. The lowest BCUT2D eigenvalue weighted by Gasteiger charge is -2.30. The zero-order valence-corrected chi connectivity index (χ0v) is 22.5. The predicted octanol–water partition coefficient (Wildman–Crippen LogP) is 9.00. The van der Waals surface area contributed by atoms with Crippen LogP contribution < -0.4 is 4.90 Å². The Hall–Kier alpha value is -3.84. The molecule has 1 nitrogen and oxygen atoms in total. The van der Waals surface area contributed by atoms with Crippen LogP contribution in [-0.2, 0) is 17.3 Å². The van der Waals surface area contributed by atoms with E-state index in [1.807, 2.05) is 0 Å². The minimum Gasteiger partial charge on any atom is -0.347 e. The normalized spacial score (nSPS) is 21.3. The molecule has 1 heteroatoms. The quantitative estimate of drug-likeness (QED) is 0.281. The van der Waals surface area contributed by atoms with Gasteiger partial charge in [-0.2, -0.15) is 0 Å². The topological polar surface area (TPSA) is 3.24 Å². The molecule has 2 aliphatic rings. The van der Waals surface area contributed by atoms with E-state index in [1.54, 1.807) is 0 Å². The summed E-state index contributed by atoms with van der Waals surface area (Å²) in [7, 11) is 2.19. The highest BCUT2D eigenvalue weighted by molar-refractivity contribution is 5.96. The number of rotatable bonds is 4. The van der Waals surface area contributed by atoms with Crippen LogP contribution in [0.15, 0.2) is 120 Å².